The van der Waals surface area contributed by atoms with Gasteiger partial charge in [-0.3, -0.25) is 14.9 Å². The molecule has 28 heavy (non-hydrogen) atoms. The number of fused-ring (bicyclic) bond motifs is 1. The lowest BCUT2D eigenvalue weighted by atomic mass is 9.83. The van der Waals surface area contributed by atoms with Crippen molar-refractivity contribution in [3.63, 3.8) is 0 Å². The topological polar surface area (TPSA) is 88.3 Å². The average molecular weight is 380 g/mol. The fraction of sp³-hybridized carbons (Fsp3) is 0.190. The quantitative estimate of drug-likeness (QED) is 0.728. The highest BCUT2D eigenvalue weighted by Crippen LogP contribution is 2.36. The number of rotatable bonds is 3. The summed E-state index contributed by atoms with van der Waals surface area (Å²) in [4.78, 5) is 39.5. The minimum atomic E-state index is -1.68. The third kappa shape index (κ3) is 2.58. The highest BCUT2D eigenvalue weighted by molar-refractivity contribution is 6.03. The van der Waals surface area contributed by atoms with E-state index in [1.54, 1.807) is 50.2 Å². The summed E-state index contributed by atoms with van der Waals surface area (Å²) in [6.45, 7) is 3.38. The van der Waals surface area contributed by atoms with Crippen LogP contribution in [0.5, 0.6) is 0 Å². The van der Waals surface area contributed by atoms with Crippen LogP contribution in [0, 0.1) is 11.7 Å². The van der Waals surface area contributed by atoms with E-state index in [-0.39, 0.29) is 11.4 Å². The monoisotopic (exact) mass is 380 g/mol. The highest BCUT2D eigenvalue weighted by atomic mass is 19.1. The second-order valence-corrected chi connectivity index (χ2v) is 7.02. The summed E-state index contributed by atoms with van der Waals surface area (Å²) in [6.07, 6.45) is -0.882. The minimum absolute atomic E-state index is 0.0431. The van der Waals surface area contributed by atoms with Crippen LogP contribution in [0.4, 0.5) is 9.18 Å². The number of H-pyrrole nitrogens is 1. The van der Waals surface area contributed by atoms with Gasteiger partial charge in [-0.25, -0.2) is 9.18 Å². The van der Waals surface area contributed by atoms with Crippen LogP contribution in [-0.4, -0.2) is 17.0 Å². The third-order valence-corrected chi connectivity index (χ3v) is 5.07. The predicted octanol–water partition coefficient (Wildman–Crippen LogP) is 3.45. The number of imide groups is 1. The van der Waals surface area contributed by atoms with Crippen LogP contribution < -0.4 is 10.9 Å². The molecule has 2 N–H and O–H groups in total. The average Bonchev–Trinajstić information content (AvgIpc) is 2.96. The van der Waals surface area contributed by atoms with E-state index in [9.17, 15) is 18.8 Å². The molecule has 1 unspecified atom stereocenters. The van der Waals surface area contributed by atoms with Gasteiger partial charge in [0, 0.05) is 17.0 Å². The molecule has 1 fully saturated rings. The Morgan fingerprint density at radius 2 is 1.82 bits per heavy atom. The highest BCUT2D eigenvalue weighted by Gasteiger charge is 2.54. The normalized spacial score (nSPS) is 19.1. The second-order valence-electron chi connectivity index (χ2n) is 7.02. The van der Waals surface area contributed by atoms with Crippen molar-refractivity contribution in [1.29, 1.82) is 0 Å². The molecule has 0 aliphatic carbocycles. The predicted molar refractivity (Wildman–Crippen MR) is 101 cm³/mol. The van der Waals surface area contributed by atoms with Crippen LogP contribution in [0.25, 0.3) is 22.0 Å². The van der Waals surface area contributed by atoms with Crippen LogP contribution in [0.3, 0.4) is 0 Å². The van der Waals surface area contributed by atoms with Gasteiger partial charge in [-0.2, -0.15) is 0 Å². The van der Waals surface area contributed by atoms with E-state index in [0.717, 1.165) is 5.39 Å². The van der Waals surface area contributed by atoms with E-state index >= 15 is 0 Å². The third-order valence-electron chi connectivity index (χ3n) is 5.07. The van der Waals surface area contributed by atoms with E-state index < -0.39 is 29.1 Å². The molecule has 6 nitrogen and oxygen atoms in total. The summed E-state index contributed by atoms with van der Waals surface area (Å²) in [5, 5.41) is 3.28. The maximum absolute atomic E-state index is 14.1. The first-order valence-electron chi connectivity index (χ1n) is 8.80. The van der Waals surface area contributed by atoms with Crippen molar-refractivity contribution in [3.8, 4) is 11.3 Å². The van der Waals surface area contributed by atoms with Gasteiger partial charge < -0.3 is 9.72 Å². The van der Waals surface area contributed by atoms with Gasteiger partial charge in [0.15, 0.2) is 0 Å². The largest absolute Gasteiger partial charge is 0.427 e. The summed E-state index contributed by atoms with van der Waals surface area (Å²) in [7, 11) is 0. The molecule has 2 heterocycles. The van der Waals surface area contributed by atoms with Crippen molar-refractivity contribution >= 4 is 22.8 Å². The lowest BCUT2D eigenvalue weighted by molar-refractivity contribution is -0.136. The van der Waals surface area contributed by atoms with Gasteiger partial charge in [-0.05, 0) is 35.2 Å². The number of hydrogen-bond acceptors (Lipinski definition) is 4. The molecular formula is C21H17FN2O4. The first-order chi connectivity index (χ1) is 13.3. The fourth-order valence-corrected chi connectivity index (χ4v) is 3.61. The van der Waals surface area contributed by atoms with Gasteiger partial charge in [-0.15, -0.1) is 0 Å². The zero-order valence-corrected chi connectivity index (χ0v) is 15.2. The Kier molecular flexibility index (Phi) is 4.03. The standard InChI is InChI=1S/C21H17FN2O4/c1-11(2)21(19(26)24-20(27)28-21)15-8-9-17(23-18(15)25)13-7-6-12-4-3-5-16(22)14(12)10-13/h3-11H,1-2H3,(H,23,25)(H,24,26,27). The Hall–Kier alpha value is -3.48. The molecule has 4 rings (SSSR count). The number of halogens is 1. The molecule has 0 radical (unpaired) electrons. The van der Waals surface area contributed by atoms with Crippen LogP contribution in [0.1, 0.15) is 19.4 Å². The Bertz CT molecular complexity index is 1180. The molecule has 1 aliphatic heterocycles. The molecule has 1 atom stereocenters. The summed E-state index contributed by atoms with van der Waals surface area (Å²) < 4.78 is 19.3. The molecule has 2 aromatic carbocycles. The number of benzene rings is 2. The molecule has 0 bridgehead atoms. The number of aromatic amines is 1. The van der Waals surface area contributed by atoms with E-state index in [4.69, 9.17) is 4.74 Å². The maximum Gasteiger partial charge on any atom is 0.415 e. The van der Waals surface area contributed by atoms with Crippen molar-refractivity contribution in [1.82, 2.24) is 10.3 Å². The van der Waals surface area contributed by atoms with Crippen molar-refractivity contribution in [3.05, 3.63) is 70.3 Å². The first-order valence-corrected chi connectivity index (χ1v) is 8.80. The zero-order valence-electron chi connectivity index (χ0n) is 15.2. The van der Waals surface area contributed by atoms with Crippen molar-refractivity contribution < 1.29 is 18.7 Å². The van der Waals surface area contributed by atoms with Gasteiger partial charge in [0.2, 0.25) is 5.60 Å². The van der Waals surface area contributed by atoms with Crippen LogP contribution in [0.15, 0.2) is 53.3 Å². The molecule has 1 saturated heterocycles. The molecule has 7 heteroatoms. The first kappa shape index (κ1) is 17.9. The summed E-state index contributed by atoms with van der Waals surface area (Å²) in [5.74, 6) is -1.48. The molecule has 2 amide bonds. The van der Waals surface area contributed by atoms with Crippen molar-refractivity contribution in [2.75, 3.05) is 0 Å². The van der Waals surface area contributed by atoms with E-state index in [1.165, 1.54) is 12.1 Å². The number of alkyl carbamates (subject to hydrolysis) is 1. The number of hydrogen-bond donors (Lipinski definition) is 2. The number of amides is 2. The Labute approximate surface area is 159 Å². The number of ether oxygens (including phenoxy) is 1. The van der Waals surface area contributed by atoms with Gasteiger partial charge in [0.25, 0.3) is 11.5 Å². The van der Waals surface area contributed by atoms with Gasteiger partial charge in [0.1, 0.15) is 5.82 Å². The lowest BCUT2D eigenvalue weighted by Gasteiger charge is -2.28. The van der Waals surface area contributed by atoms with Crippen molar-refractivity contribution in [2.45, 2.75) is 19.4 Å². The van der Waals surface area contributed by atoms with Crippen LogP contribution in [0.2, 0.25) is 0 Å². The van der Waals surface area contributed by atoms with E-state index in [0.29, 0.717) is 16.6 Å². The molecule has 1 aliphatic rings. The lowest BCUT2D eigenvalue weighted by Crippen LogP contribution is -2.45. The minimum Gasteiger partial charge on any atom is -0.427 e. The van der Waals surface area contributed by atoms with Crippen LogP contribution >= 0.6 is 0 Å². The van der Waals surface area contributed by atoms with Crippen LogP contribution in [-0.2, 0) is 15.1 Å². The number of carbonyl (C=O) groups is 2. The Morgan fingerprint density at radius 1 is 1.04 bits per heavy atom. The smallest absolute Gasteiger partial charge is 0.415 e. The number of aromatic nitrogens is 1. The van der Waals surface area contributed by atoms with Gasteiger partial charge >= 0.3 is 6.09 Å². The maximum atomic E-state index is 14.1. The number of cyclic esters (lactones) is 1. The molecule has 142 valence electrons. The van der Waals surface area contributed by atoms with Gasteiger partial charge in [0.05, 0.1) is 5.56 Å². The molecule has 0 spiro atoms. The Morgan fingerprint density at radius 3 is 2.46 bits per heavy atom. The zero-order chi connectivity index (χ0) is 20.1. The number of carbonyl (C=O) groups excluding carboxylic acids is 2. The SMILES string of the molecule is CC(C)C1(c2ccc(-c3ccc4cccc(F)c4c3)[nH]c2=O)OC(=O)NC1=O. The second kappa shape index (κ2) is 6.30. The summed E-state index contributed by atoms with van der Waals surface area (Å²) in [6, 6.07) is 13.1. The number of pyridine rings is 1. The van der Waals surface area contributed by atoms with Gasteiger partial charge in [-0.1, -0.05) is 38.1 Å². The molecule has 3 aromatic rings. The Balaban J connectivity index is 1.83. The molecular weight excluding hydrogens is 363 g/mol. The molecule has 1 aromatic heterocycles. The molecule has 0 saturated carbocycles. The summed E-state index contributed by atoms with van der Waals surface area (Å²) in [5.41, 5.74) is -1.11. The summed E-state index contributed by atoms with van der Waals surface area (Å²) >= 11 is 0. The van der Waals surface area contributed by atoms with E-state index in [2.05, 4.69) is 10.3 Å². The van der Waals surface area contributed by atoms with E-state index in [1.807, 2.05) is 0 Å². The fourth-order valence-electron chi connectivity index (χ4n) is 3.61. The van der Waals surface area contributed by atoms with Crippen molar-refractivity contribution in [2.24, 2.45) is 5.92 Å². The number of nitrogens with one attached hydrogen (secondary N) is 2.